The summed E-state index contributed by atoms with van der Waals surface area (Å²) in [7, 11) is 4.16. The van der Waals surface area contributed by atoms with Crippen molar-refractivity contribution in [1.82, 2.24) is 10.2 Å². The Morgan fingerprint density at radius 3 is 2.57 bits per heavy atom. The number of ether oxygens (including phenoxy) is 1. The molecule has 0 spiro atoms. The van der Waals surface area contributed by atoms with Crippen molar-refractivity contribution >= 4 is 24.8 Å². The lowest BCUT2D eigenvalue weighted by molar-refractivity contribution is 0.100. The van der Waals surface area contributed by atoms with Gasteiger partial charge < -0.3 is 15.0 Å². The minimum absolute atomic E-state index is 0. The van der Waals surface area contributed by atoms with Crippen LogP contribution in [0.5, 0.6) is 5.75 Å². The van der Waals surface area contributed by atoms with Crippen molar-refractivity contribution in [3.8, 4) is 5.75 Å². The molecular weight excluding hydrogens is 331 g/mol. The van der Waals surface area contributed by atoms with E-state index in [0.717, 1.165) is 25.4 Å². The van der Waals surface area contributed by atoms with Gasteiger partial charge in [0.1, 0.15) is 11.9 Å². The van der Waals surface area contributed by atoms with Crippen LogP contribution in [0.3, 0.4) is 0 Å². The van der Waals surface area contributed by atoms with Crippen LogP contribution in [0.25, 0.3) is 0 Å². The third-order valence-electron chi connectivity index (χ3n) is 4.47. The van der Waals surface area contributed by atoms with Gasteiger partial charge >= 0.3 is 0 Å². The van der Waals surface area contributed by atoms with Crippen LogP contribution >= 0.6 is 24.8 Å². The molecule has 0 amide bonds. The van der Waals surface area contributed by atoms with E-state index in [4.69, 9.17) is 4.74 Å². The molecule has 1 aliphatic carbocycles. The van der Waals surface area contributed by atoms with Crippen LogP contribution in [-0.4, -0.2) is 38.2 Å². The zero-order chi connectivity index (χ0) is 15.1. The molecule has 1 aromatic carbocycles. The predicted molar refractivity (Wildman–Crippen MR) is 103 cm³/mol. The van der Waals surface area contributed by atoms with E-state index < -0.39 is 0 Å². The number of hydrogen-bond donors (Lipinski definition) is 1. The van der Waals surface area contributed by atoms with Crippen LogP contribution < -0.4 is 10.1 Å². The Morgan fingerprint density at radius 1 is 1.17 bits per heavy atom. The second kappa shape index (κ2) is 12.0. The number of halogens is 2. The van der Waals surface area contributed by atoms with Crippen molar-refractivity contribution < 1.29 is 4.74 Å². The molecule has 0 saturated heterocycles. The smallest absolute Gasteiger partial charge is 0.124 e. The summed E-state index contributed by atoms with van der Waals surface area (Å²) in [6, 6.07) is 8.51. The van der Waals surface area contributed by atoms with Gasteiger partial charge in [-0.15, -0.1) is 24.8 Å². The first-order valence-corrected chi connectivity index (χ1v) is 8.28. The molecule has 0 aromatic heterocycles. The summed E-state index contributed by atoms with van der Waals surface area (Å²) in [6.45, 7) is 5.33. The fourth-order valence-corrected chi connectivity index (χ4v) is 3.04. The molecule has 0 unspecified atom stereocenters. The summed E-state index contributed by atoms with van der Waals surface area (Å²) in [6.07, 6.45) is 5.55. The summed E-state index contributed by atoms with van der Waals surface area (Å²) < 4.78 is 6.36. The van der Waals surface area contributed by atoms with E-state index >= 15 is 0 Å². The van der Waals surface area contributed by atoms with Gasteiger partial charge in [0, 0.05) is 25.2 Å². The maximum absolute atomic E-state index is 6.36. The Morgan fingerprint density at radius 2 is 1.87 bits per heavy atom. The summed E-state index contributed by atoms with van der Waals surface area (Å²) >= 11 is 0. The average molecular weight is 363 g/mol. The number of para-hydroxylation sites is 1. The Bertz CT molecular complexity index is 431. The van der Waals surface area contributed by atoms with E-state index in [-0.39, 0.29) is 24.8 Å². The van der Waals surface area contributed by atoms with Crippen molar-refractivity contribution in [2.45, 2.75) is 45.3 Å². The van der Waals surface area contributed by atoms with Gasteiger partial charge in [-0.05, 0) is 45.3 Å². The first-order valence-electron chi connectivity index (χ1n) is 8.28. The van der Waals surface area contributed by atoms with Gasteiger partial charge in [-0.3, -0.25) is 0 Å². The molecule has 2 atom stereocenters. The number of nitrogens with one attached hydrogen (secondary N) is 1. The highest BCUT2D eigenvalue weighted by Crippen LogP contribution is 2.30. The third kappa shape index (κ3) is 7.30. The molecule has 5 heteroatoms. The fourth-order valence-electron chi connectivity index (χ4n) is 3.04. The average Bonchev–Trinajstić information content (AvgIpc) is 2.49. The number of hydrogen-bond acceptors (Lipinski definition) is 3. The molecule has 0 heterocycles. The van der Waals surface area contributed by atoms with E-state index in [1.807, 2.05) is 7.05 Å². The number of likely N-dealkylation sites (N-methyl/N-ethyl adjacent to an activating group) is 2. The molecule has 3 nitrogen and oxygen atoms in total. The fraction of sp³-hybridized carbons (Fsp3) is 0.667. The van der Waals surface area contributed by atoms with E-state index in [1.165, 1.54) is 31.2 Å². The van der Waals surface area contributed by atoms with Crippen LogP contribution in [0.4, 0.5) is 0 Å². The lowest BCUT2D eigenvalue weighted by Gasteiger charge is -2.30. The monoisotopic (exact) mass is 362 g/mol. The second-order valence-corrected chi connectivity index (χ2v) is 6.37. The first kappa shape index (κ1) is 22.5. The summed E-state index contributed by atoms with van der Waals surface area (Å²) in [5.74, 6) is 1.75. The van der Waals surface area contributed by atoms with Crippen molar-refractivity contribution in [3.63, 3.8) is 0 Å². The van der Waals surface area contributed by atoms with E-state index in [1.54, 1.807) is 0 Å². The van der Waals surface area contributed by atoms with Crippen molar-refractivity contribution in [2.75, 3.05) is 27.2 Å². The Hall–Kier alpha value is -0.480. The molecule has 2 rings (SSSR count). The van der Waals surface area contributed by atoms with Crippen molar-refractivity contribution in [1.29, 1.82) is 0 Å². The molecule has 1 aromatic rings. The van der Waals surface area contributed by atoms with E-state index in [9.17, 15) is 0 Å². The molecule has 1 aliphatic rings. The lowest BCUT2D eigenvalue weighted by atomic mass is 9.88. The van der Waals surface area contributed by atoms with Gasteiger partial charge in [-0.25, -0.2) is 0 Å². The Kier molecular flexibility index (Phi) is 11.7. The lowest BCUT2D eigenvalue weighted by Crippen LogP contribution is -2.30. The minimum atomic E-state index is 0. The van der Waals surface area contributed by atoms with Gasteiger partial charge in [0.25, 0.3) is 0 Å². The zero-order valence-corrected chi connectivity index (χ0v) is 16.2. The first-order chi connectivity index (χ1) is 10.2. The molecule has 1 fully saturated rings. The van der Waals surface area contributed by atoms with Gasteiger partial charge in [0.05, 0.1) is 0 Å². The molecule has 0 bridgehead atoms. The normalized spacial score (nSPS) is 20.5. The molecule has 23 heavy (non-hydrogen) atoms. The molecule has 0 radical (unpaired) electrons. The van der Waals surface area contributed by atoms with Gasteiger partial charge in [0.2, 0.25) is 0 Å². The summed E-state index contributed by atoms with van der Waals surface area (Å²) in [5.41, 5.74) is 1.30. The van der Waals surface area contributed by atoms with Crippen LogP contribution in [0.2, 0.25) is 0 Å². The molecule has 1 saturated carbocycles. The number of nitrogens with zero attached hydrogens (tertiary/aromatic N) is 1. The minimum Gasteiger partial charge on any atom is -0.490 e. The van der Waals surface area contributed by atoms with Crippen LogP contribution in [0, 0.1) is 5.92 Å². The van der Waals surface area contributed by atoms with Crippen LogP contribution in [0.15, 0.2) is 24.3 Å². The van der Waals surface area contributed by atoms with Crippen LogP contribution in [0.1, 0.15) is 38.2 Å². The molecule has 0 aliphatic heterocycles. The standard InChI is InChI=1S/C18H30N2O.2ClH/c1-15-8-4-6-10-17(15)21-18-11-7-5-9-16(18)14-20(3)13-12-19-2;;/h5,7,9,11,15,17,19H,4,6,8,10,12-14H2,1-3H3;2*1H/t15-,17+;;/m1../s1. The maximum atomic E-state index is 6.36. The molecular formula is C18H32Cl2N2O. The summed E-state index contributed by atoms with van der Waals surface area (Å²) in [5, 5.41) is 3.20. The third-order valence-corrected chi connectivity index (χ3v) is 4.47. The highest BCUT2D eigenvalue weighted by atomic mass is 35.5. The van der Waals surface area contributed by atoms with Gasteiger partial charge in [0.15, 0.2) is 0 Å². The van der Waals surface area contributed by atoms with Crippen molar-refractivity contribution in [2.24, 2.45) is 5.92 Å². The zero-order valence-electron chi connectivity index (χ0n) is 14.6. The number of rotatable bonds is 7. The number of benzene rings is 1. The molecule has 1 N–H and O–H groups in total. The Balaban J connectivity index is 0.00000242. The maximum Gasteiger partial charge on any atom is 0.124 e. The predicted octanol–water partition coefficient (Wildman–Crippen LogP) is 4.14. The topological polar surface area (TPSA) is 24.5 Å². The van der Waals surface area contributed by atoms with Crippen LogP contribution in [-0.2, 0) is 6.54 Å². The Labute approximate surface area is 154 Å². The SMILES string of the molecule is CNCCN(C)Cc1ccccc1O[C@H]1CCCC[C@H]1C.Cl.Cl. The van der Waals surface area contributed by atoms with E-state index in [2.05, 4.69) is 48.5 Å². The molecule has 134 valence electrons. The van der Waals surface area contributed by atoms with Crippen molar-refractivity contribution in [3.05, 3.63) is 29.8 Å². The highest BCUT2D eigenvalue weighted by Gasteiger charge is 2.23. The van der Waals surface area contributed by atoms with Gasteiger partial charge in [-0.1, -0.05) is 31.5 Å². The van der Waals surface area contributed by atoms with Gasteiger partial charge in [-0.2, -0.15) is 0 Å². The quantitative estimate of drug-likeness (QED) is 0.788. The summed E-state index contributed by atoms with van der Waals surface area (Å²) in [4.78, 5) is 2.34. The second-order valence-electron chi connectivity index (χ2n) is 6.37. The highest BCUT2D eigenvalue weighted by molar-refractivity contribution is 5.85. The van der Waals surface area contributed by atoms with E-state index in [0.29, 0.717) is 12.0 Å². The largest absolute Gasteiger partial charge is 0.490 e.